The number of nitrogens with zero attached hydrogens (tertiary/aromatic N) is 2. The number of hydrogen-bond donors (Lipinski definition) is 1. The Morgan fingerprint density at radius 2 is 2.21 bits per heavy atom. The van der Waals surface area contributed by atoms with Crippen LogP contribution in [0.15, 0.2) is 11.6 Å². The molecule has 3 rings (SSSR count). The molecule has 2 fully saturated rings. The topological polar surface area (TPSA) is 45.2 Å². The largest absolute Gasteiger partial charge is 0.333 e. The first-order chi connectivity index (χ1) is 10.8. The van der Waals surface area contributed by atoms with E-state index in [1.807, 2.05) is 11.6 Å². The van der Waals surface area contributed by atoms with Crippen molar-refractivity contribution in [1.82, 2.24) is 15.2 Å². The number of likely N-dealkylation sites (tertiary alicyclic amines) is 1. The Bertz CT molecular complexity index is 480. The van der Waals surface area contributed by atoms with Gasteiger partial charge in [-0.2, -0.15) is 0 Å². The van der Waals surface area contributed by atoms with E-state index >= 15 is 0 Å². The van der Waals surface area contributed by atoms with E-state index in [9.17, 15) is 4.79 Å². The molecule has 1 N–H and O–H groups in total. The van der Waals surface area contributed by atoms with Crippen molar-refractivity contribution in [2.75, 3.05) is 19.6 Å². The fraction of sp³-hybridized carbons (Fsp3) is 0.765. The number of halogens is 2. The molecule has 0 bridgehead atoms. The molecule has 0 radical (unpaired) electrons. The summed E-state index contributed by atoms with van der Waals surface area (Å²) in [7, 11) is 0. The average Bonchev–Trinajstić information content (AvgIpc) is 3.10. The predicted octanol–water partition coefficient (Wildman–Crippen LogP) is 4.07. The van der Waals surface area contributed by atoms with Gasteiger partial charge in [0.1, 0.15) is 5.01 Å². The summed E-state index contributed by atoms with van der Waals surface area (Å²) in [5, 5.41) is 6.59. The van der Waals surface area contributed by atoms with Gasteiger partial charge in [0.15, 0.2) is 0 Å². The lowest BCUT2D eigenvalue weighted by atomic mass is 9.85. The third-order valence-electron chi connectivity index (χ3n) is 5.20. The average molecular weight is 394 g/mol. The van der Waals surface area contributed by atoms with Crippen molar-refractivity contribution in [2.24, 2.45) is 11.8 Å². The molecule has 0 saturated carbocycles. The molecule has 2 aliphatic rings. The van der Waals surface area contributed by atoms with E-state index in [-0.39, 0.29) is 30.9 Å². The fourth-order valence-electron chi connectivity index (χ4n) is 3.81. The van der Waals surface area contributed by atoms with Crippen LogP contribution in [0.25, 0.3) is 0 Å². The molecule has 7 heteroatoms. The lowest BCUT2D eigenvalue weighted by Gasteiger charge is -2.36. The summed E-state index contributed by atoms with van der Waals surface area (Å²) in [6, 6.07) is 0.220. The van der Waals surface area contributed by atoms with E-state index < -0.39 is 0 Å². The highest BCUT2D eigenvalue weighted by atomic mass is 35.5. The van der Waals surface area contributed by atoms with Gasteiger partial charge >= 0.3 is 0 Å². The zero-order chi connectivity index (χ0) is 15.4. The summed E-state index contributed by atoms with van der Waals surface area (Å²) >= 11 is 1.68. The summed E-state index contributed by atoms with van der Waals surface area (Å²) in [6.45, 7) is 5.36. The zero-order valence-electron chi connectivity index (χ0n) is 14.3. The second-order valence-electron chi connectivity index (χ2n) is 6.76. The quantitative estimate of drug-likeness (QED) is 0.838. The molecular formula is C17H29Cl2N3OS. The molecule has 2 saturated heterocycles. The highest BCUT2D eigenvalue weighted by molar-refractivity contribution is 7.09. The first-order valence-corrected chi connectivity index (χ1v) is 9.53. The Morgan fingerprint density at radius 3 is 2.88 bits per heavy atom. The lowest BCUT2D eigenvalue weighted by molar-refractivity contribution is -0.136. The normalized spacial score (nSPS) is 25.3. The molecule has 2 aliphatic heterocycles. The molecule has 1 amide bonds. The maximum atomic E-state index is 12.8. The van der Waals surface area contributed by atoms with E-state index in [0.717, 1.165) is 37.5 Å². The fourth-order valence-corrected chi connectivity index (χ4v) is 4.59. The van der Waals surface area contributed by atoms with Crippen LogP contribution in [0, 0.1) is 11.8 Å². The molecule has 3 atom stereocenters. The number of thiazole rings is 1. The SMILES string of the molecule is CC(CC(=O)N1CCCCC1c1nccs1)C1CCCNC1.Cl.Cl. The van der Waals surface area contributed by atoms with Gasteiger partial charge in [0.2, 0.25) is 5.91 Å². The smallest absolute Gasteiger partial charge is 0.223 e. The molecule has 138 valence electrons. The van der Waals surface area contributed by atoms with Gasteiger partial charge < -0.3 is 10.2 Å². The van der Waals surface area contributed by atoms with Crippen molar-refractivity contribution in [3.05, 3.63) is 16.6 Å². The van der Waals surface area contributed by atoms with Crippen molar-refractivity contribution < 1.29 is 4.79 Å². The van der Waals surface area contributed by atoms with Crippen LogP contribution in [0.2, 0.25) is 0 Å². The van der Waals surface area contributed by atoms with Gasteiger partial charge in [0.25, 0.3) is 0 Å². The highest BCUT2D eigenvalue weighted by Gasteiger charge is 2.31. The predicted molar refractivity (Wildman–Crippen MR) is 104 cm³/mol. The maximum absolute atomic E-state index is 12.8. The standard InChI is InChI=1S/C17H27N3OS.2ClH/c1-13(14-5-4-7-18-12-14)11-16(21)20-9-3-2-6-15(20)17-19-8-10-22-17;;/h8,10,13-15,18H,2-7,9,11-12H2,1H3;2*1H. The van der Waals surface area contributed by atoms with Crippen molar-refractivity contribution in [3.8, 4) is 0 Å². The summed E-state index contributed by atoms with van der Waals surface area (Å²) in [4.78, 5) is 19.4. The summed E-state index contributed by atoms with van der Waals surface area (Å²) < 4.78 is 0. The van der Waals surface area contributed by atoms with E-state index in [0.29, 0.717) is 24.2 Å². The second-order valence-corrected chi connectivity index (χ2v) is 7.68. The van der Waals surface area contributed by atoms with Crippen molar-refractivity contribution in [1.29, 1.82) is 0 Å². The number of nitrogens with one attached hydrogen (secondary N) is 1. The summed E-state index contributed by atoms with van der Waals surface area (Å²) in [6.07, 6.45) is 8.45. The second kappa shape index (κ2) is 10.6. The molecule has 0 aliphatic carbocycles. The first kappa shape index (κ1) is 21.7. The Balaban J connectivity index is 0.00000144. The van der Waals surface area contributed by atoms with Crippen LogP contribution in [0.3, 0.4) is 0 Å². The number of carbonyl (C=O) groups is 1. The number of aromatic nitrogens is 1. The van der Waals surface area contributed by atoms with Crippen LogP contribution in [0.4, 0.5) is 0 Å². The molecule has 24 heavy (non-hydrogen) atoms. The molecule has 0 aromatic carbocycles. The lowest BCUT2D eigenvalue weighted by Crippen LogP contribution is -2.41. The molecule has 3 heterocycles. The third kappa shape index (κ3) is 5.32. The van der Waals surface area contributed by atoms with E-state index in [4.69, 9.17) is 0 Å². The summed E-state index contributed by atoms with van der Waals surface area (Å²) in [5.41, 5.74) is 0. The minimum atomic E-state index is 0. The Hall–Kier alpha value is -0.360. The molecular weight excluding hydrogens is 365 g/mol. The van der Waals surface area contributed by atoms with Crippen LogP contribution in [0.5, 0.6) is 0 Å². The molecule has 1 aromatic rings. The molecule has 0 spiro atoms. The number of hydrogen-bond acceptors (Lipinski definition) is 4. The van der Waals surface area contributed by atoms with Crippen LogP contribution in [-0.2, 0) is 4.79 Å². The van der Waals surface area contributed by atoms with Crippen LogP contribution >= 0.6 is 36.2 Å². The Labute approximate surface area is 161 Å². The Morgan fingerprint density at radius 1 is 1.38 bits per heavy atom. The van der Waals surface area contributed by atoms with E-state index in [1.165, 1.54) is 19.3 Å². The van der Waals surface area contributed by atoms with Gasteiger partial charge in [-0.15, -0.1) is 36.2 Å². The number of rotatable bonds is 4. The van der Waals surface area contributed by atoms with Crippen molar-refractivity contribution in [3.63, 3.8) is 0 Å². The summed E-state index contributed by atoms with van der Waals surface area (Å²) in [5.74, 6) is 1.46. The van der Waals surface area contributed by atoms with E-state index in [1.54, 1.807) is 11.3 Å². The maximum Gasteiger partial charge on any atom is 0.223 e. The van der Waals surface area contributed by atoms with Gasteiger partial charge in [-0.25, -0.2) is 4.98 Å². The number of carbonyl (C=O) groups excluding carboxylic acids is 1. The molecule has 3 unspecified atom stereocenters. The first-order valence-electron chi connectivity index (χ1n) is 8.65. The van der Waals surface area contributed by atoms with E-state index in [2.05, 4.69) is 22.1 Å². The van der Waals surface area contributed by atoms with Crippen LogP contribution in [0.1, 0.15) is 56.5 Å². The molecule has 1 aromatic heterocycles. The van der Waals surface area contributed by atoms with Gasteiger partial charge in [-0.05, 0) is 57.0 Å². The monoisotopic (exact) mass is 393 g/mol. The van der Waals surface area contributed by atoms with Crippen molar-refractivity contribution in [2.45, 2.75) is 51.5 Å². The highest BCUT2D eigenvalue weighted by Crippen LogP contribution is 2.33. The van der Waals surface area contributed by atoms with Crippen LogP contribution in [-0.4, -0.2) is 35.4 Å². The minimum Gasteiger partial charge on any atom is -0.333 e. The zero-order valence-corrected chi connectivity index (χ0v) is 16.7. The third-order valence-corrected chi connectivity index (χ3v) is 6.07. The van der Waals surface area contributed by atoms with Gasteiger partial charge in [-0.3, -0.25) is 4.79 Å². The molecule has 4 nitrogen and oxygen atoms in total. The van der Waals surface area contributed by atoms with Gasteiger partial charge in [0.05, 0.1) is 6.04 Å². The van der Waals surface area contributed by atoms with Gasteiger partial charge in [-0.1, -0.05) is 6.92 Å². The number of piperidine rings is 2. The van der Waals surface area contributed by atoms with Gasteiger partial charge in [0, 0.05) is 24.5 Å². The van der Waals surface area contributed by atoms with Crippen LogP contribution < -0.4 is 5.32 Å². The van der Waals surface area contributed by atoms with Crippen molar-refractivity contribution >= 4 is 42.1 Å². The number of amides is 1. The Kier molecular flexibility index (Phi) is 9.57. The minimum absolute atomic E-state index is 0.